The van der Waals surface area contributed by atoms with Crippen LogP contribution in [-0.4, -0.2) is 51.4 Å². The molecular formula is C13H20ClN3O3S2. The topological polar surface area (TPSA) is 78.5 Å². The summed E-state index contributed by atoms with van der Waals surface area (Å²) in [6.45, 7) is 4.06. The van der Waals surface area contributed by atoms with Crippen molar-refractivity contribution in [1.29, 1.82) is 0 Å². The van der Waals surface area contributed by atoms with Gasteiger partial charge in [-0.3, -0.25) is 4.79 Å². The monoisotopic (exact) mass is 365 g/mol. The minimum Gasteiger partial charge on any atom is -0.337 e. The Labute approximate surface area is 139 Å². The zero-order valence-electron chi connectivity index (χ0n) is 12.3. The maximum Gasteiger partial charge on any atom is 0.250 e. The number of nitrogens with one attached hydrogen (secondary N) is 2. The van der Waals surface area contributed by atoms with E-state index in [1.807, 2.05) is 6.92 Å². The molecule has 0 aliphatic carbocycles. The molecule has 1 saturated heterocycles. The molecule has 1 aliphatic rings. The van der Waals surface area contributed by atoms with Crippen molar-refractivity contribution in [3.8, 4) is 0 Å². The number of halogens is 1. The van der Waals surface area contributed by atoms with E-state index in [0.29, 0.717) is 10.9 Å². The number of hydrogen-bond acceptors (Lipinski definition) is 5. The Morgan fingerprint density at radius 3 is 2.86 bits per heavy atom. The van der Waals surface area contributed by atoms with Crippen molar-refractivity contribution in [3.63, 3.8) is 0 Å². The van der Waals surface area contributed by atoms with Gasteiger partial charge in [-0.15, -0.1) is 11.3 Å². The molecule has 22 heavy (non-hydrogen) atoms. The molecule has 0 radical (unpaired) electrons. The summed E-state index contributed by atoms with van der Waals surface area (Å²) in [7, 11) is -3.69. The van der Waals surface area contributed by atoms with Crippen molar-refractivity contribution < 1.29 is 13.2 Å². The zero-order chi connectivity index (χ0) is 16.2. The number of sulfonamides is 1. The summed E-state index contributed by atoms with van der Waals surface area (Å²) in [5.74, 6) is -0.193. The minimum absolute atomic E-state index is 0.120. The lowest BCUT2D eigenvalue weighted by atomic mass is 10.2. The van der Waals surface area contributed by atoms with Crippen LogP contribution in [0.5, 0.6) is 0 Å². The Morgan fingerprint density at radius 1 is 1.55 bits per heavy atom. The maximum atomic E-state index is 12.4. The van der Waals surface area contributed by atoms with Crippen LogP contribution in [-0.2, 0) is 14.8 Å². The number of amides is 1. The quantitative estimate of drug-likeness (QED) is 0.763. The lowest BCUT2D eigenvalue weighted by Crippen LogP contribution is -2.46. The number of nitrogens with zero attached hydrogens (tertiary/aromatic N) is 1. The summed E-state index contributed by atoms with van der Waals surface area (Å²) >= 11 is 6.72. The van der Waals surface area contributed by atoms with Crippen LogP contribution >= 0.6 is 22.9 Å². The summed E-state index contributed by atoms with van der Waals surface area (Å²) < 4.78 is 27.1. The first kappa shape index (κ1) is 17.7. The molecule has 1 unspecified atom stereocenters. The third-order valence-corrected chi connectivity index (χ3v) is 6.61. The Bertz CT molecular complexity index is 612. The molecule has 0 aromatic carbocycles. The number of carbonyl (C=O) groups excluding carboxylic acids is 1. The van der Waals surface area contributed by atoms with Gasteiger partial charge in [-0.05, 0) is 31.5 Å². The second kappa shape index (κ2) is 7.74. The molecule has 6 nitrogen and oxygen atoms in total. The number of rotatable bonds is 7. The van der Waals surface area contributed by atoms with Crippen molar-refractivity contribution in [3.05, 3.63) is 16.5 Å². The van der Waals surface area contributed by atoms with Gasteiger partial charge in [-0.25, -0.2) is 13.1 Å². The van der Waals surface area contributed by atoms with Crippen LogP contribution in [0.2, 0.25) is 4.34 Å². The van der Waals surface area contributed by atoms with E-state index < -0.39 is 10.0 Å². The highest BCUT2D eigenvalue weighted by atomic mass is 35.5. The van der Waals surface area contributed by atoms with E-state index in [4.69, 9.17) is 11.6 Å². The summed E-state index contributed by atoms with van der Waals surface area (Å²) in [6.07, 6.45) is 1.74. The molecule has 1 atom stereocenters. The van der Waals surface area contributed by atoms with E-state index in [2.05, 4.69) is 10.0 Å². The van der Waals surface area contributed by atoms with Crippen LogP contribution in [0.3, 0.4) is 0 Å². The van der Waals surface area contributed by atoms with Gasteiger partial charge in [0.25, 0.3) is 10.0 Å². The van der Waals surface area contributed by atoms with Crippen LogP contribution < -0.4 is 10.0 Å². The minimum atomic E-state index is -3.69. The van der Waals surface area contributed by atoms with E-state index in [-0.39, 0.29) is 22.7 Å². The van der Waals surface area contributed by atoms with Gasteiger partial charge in [0.15, 0.2) is 0 Å². The van der Waals surface area contributed by atoms with Crippen molar-refractivity contribution in [2.24, 2.45) is 0 Å². The smallest absolute Gasteiger partial charge is 0.250 e. The molecule has 1 aromatic heterocycles. The predicted molar refractivity (Wildman–Crippen MR) is 87.8 cm³/mol. The molecule has 1 aliphatic heterocycles. The van der Waals surface area contributed by atoms with Crippen LogP contribution in [0.15, 0.2) is 16.3 Å². The van der Waals surface area contributed by atoms with E-state index in [0.717, 1.165) is 37.3 Å². The molecule has 0 saturated carbocycles. The molecule has 124 valence electrons. The largest absolute Gasteiger partial charge is 0.337 e. The first-order valence-corrected chi connectivity index (χ1v) is 9.87. The summed E-state index contributed by atoms with van der Waals surface area (Å²) in [5.41, 5.74) is 0. The number of thiophene rings is 1. The standard InChI is InChI=1S/C13H20ClN3O3S2/c1-2-7-17(10-5-6-15-8-10)12(18)9-16-22(19,20)13-4-3-11(14)21-13/h3-4,10,15-16H,2,5-9H2,1H3. The molecule has 9 heteroatoms. The lowest BCUT2D eigenvalue weighted by Gasteiger charge is -2.28. The highest BCUT2D eigenvalue weighted by Crippen LogP contribution is 2.25. The third kappa shape index (κ3) is 4.42. The van der Waals surface area contributed by atoms with Gasteiger partial charge in [-0.2, -0.15) is 0 Å². The Balaban J connectivity index is 1.97. The summed E-state index contributed by atoms with van der Waals surface area (Å²) in [5, 5.41) is 3.22. The van der Waals surface area contributed by atoms with Crippen molar-refractivity contribution >= 4 is 38.9 Å². The van der Waals surface area contributed by atoms with Gasteiger partial charge in [-0.1, -0.05) is 18.5 Å². The van der Waals surface area contributed by atoms with E-state index in [1.54, 1.807) is 4.90 Å². The molecule has 1 amide bonds. The van der Waals surface area contributed by atoms with Crippen LogP contribution in [0.4, 0.5) is 0 Å². The van der Waals surface area contributed by atoms with Gasteiger partial charge < -0.3 is 10.2 Å². The predicted octanol–water partition coefficient (Wildman–Crippen LogP) is 1.28. The van der Waals surface area contributed by atoms with Crippen LogP contribution in [0, 0.1) is 0 Å². The van der Waals surface area contributed by atoms with Gasteiger partial charge in [0.05, 0.1) is 10.9 Å². The highest BCUT2D eigenvalue weighted by Gasteiger charge is 2.27. The first-order valence-electron chi connectivity index (χ1n) is 7.19. The summed E-state index contributed by atoms with van der Waals surface area (Å²) in [6, 6.07) is 3.11. The molecule has 0 spiro atoms. The average molecular weight is 366 g/mol. The zero-order valence-corrected chi connectivity index (χ0v) is 14.7. The van der Waals surface area contributed by atoms with Crippen molar-refractivity contribution in [2.45, 2.75) is 30.0 Å². The van der Waals surface area contributed by atoms with E-state index in [9.17, 15) is 13.2 Å². The van der Waals surface area contributed by atoms with Crippen LogP contribution in [0.25, 0.3) is 0 Å². The fourth-order valence-electron chi connectivity index (χ4n) is 2.43. The van der Waals surface area contributed by atoms with Gasteiger partial charge in [0.2, 0.25) is 5.91 Å². The van der Waals surface area contributed by atoms with Gasteiger partial charge in [0.1, 0.15) is 4.21 Å². The number of hydrogen-bond donors (Lipinski definition) is 2. The Kier molecular flexibility index (Phi) is 6.22. The molecule has 1 fully saturated rings. The van der Waals surface area contributed by atoms with Crippen molar-refractivity contribution in [1.82, 2.24) is 14.9 Å². The molecular weight excluding hydrogens is 346 g/mol. The molecule has 0 bridgehead atoms. The highest BCUT2D eigenvalue weighted by molar-refractivity contribution is 7.91. The summed E-state index contributed by atoms with van der Waals surface area (Å²) in [4.78, 5) is 14.1. The first-order chi connectivity index (χ1) is 10.4. The van der Waals surface area contributed by atoms with Gasteiger partial charge >= 0.3 is 0 Å². The lowest BCUT2D eigenvalue weighted by molar-refractivity contribution is -0.131. The molecule has 2 rings (SSSR count). The number of carbonyl (C=O) groups is 1. The van der Waals surface area contributed by atoms with Crippen LogP contribution in [0.1, 0.15) is 19.8 Å². The normalized spacial score (nSPS) is 18.5. The fourth-order valence-corrected chi connectivity index (χ4v) is 4.93. The van der Waals surface area contributed by atoms with E-state index >= 15 is 0 Å². The SMILES string of the molecule is CCCN(C(=O)CNS(=O)(=O)c1ccc(Cl)s1)C1CCNC1. The molecule has 1 aromatic rings. The van der Waals surface area contributed by atoms with Crippen molar-refractivity contribution in [2.75, 3.05) is 26.2 Å². The fraction of sp³-hybridized carbons (Fsp3) is 0.615. The average Bonchev–Trinajstić information content (AvgIpc) is 3.13. The second-order valence-corrected chi connectivity index (χ2v) is 8.83. The maximum absolute atomic E-state index is 12.4. The second-order valence-electron chi connectivity index (χ2n) is 5.12. The van der Waals surface area contributed by atoms with Gasteiger partial charge in [0, 0.05) is 19.1 Å². The Hall–Kier alpha value is -0.670. The molecule has 2 heterocycles. The van der Waals surface area contributed by atoms with E-state index in [1.165, 1.54) is 12.1 Å². The Morgan fingerprint density at radius 2 is 2.32 bits per heavy atom. The molecule has 2 N–H and O–H groups in total. The third-order valence-electron chi connectivity index (χ3n) is 3.49.